The third-order valence-electron chi connectivity index (χ3n) is 5.23. The standard InChI is InChI=1S/C23H19Cl2N3O5S/c24-16-10-17(25)12-20(11-16)34(32,33)28(14-22(29)30)19-7-6-15-8-9-27(21(15)13-19)23(31)26-18-4-2-1-3-5-18/h1-7,10-13H,8-9,14H2,(H,26,31)(H,29,30). The molecule has 0 aromatic heterocycles. The molecule has 0 bridgehead atoms. The molecule has 1 aliphatic rings. The Morgan fingerprint density at radius 1 is 1.00 bits per heavy atom. The largest absolute Gasteiger partial charge is 0.480 e. The summed E-state index contributed by atoms with van der Waals surface area (Å²) in [7, 11) is -4.33. The summed E-state index contributed by atoms with van der Waals surface area (Å²) in [5, 5.41) is 12.4. The molecule has 0 fully saturated rings. The van der Waals surface area contributed by atoms with Crippen LogP contribution in [-0.2, 0) is 21.2 Å². The topological polar surface area (TPSA) is 107 Å². The Kier molecular flexibility index (Phi) is 6.70. The van der Waals surface area contributed by atoms with Crippen molar-refractivity contribution in [1.82, 2.24) is 0 Å². The van der Waals surface area contributed by atoms with Crippen LogP contribution in [0, 0.1) is 0 Å². The van der Waals surface area contributed by atoms with E-state index in [1.807, 2.05) is 6.07 Å². The molecule has 11 heteroatoms. The van der Waals surface area contributed by atoms with Gasteiger partial charge in [-0.2, -0.15) is 0 Å². The summed E-state index contributed by atoms with van der Waals surface area (Å²) >= 11 is 11.9. The van der Waals surface area contributed by atoms with Crippen LogP contribution in [0.4, 0.5) is 21.9 Å². The van der Waals surface area contributed by atoms with Gasteiger partial charge in [0, 0.05) is 22.3 Å². The fourth-order valence-corrected chi connectivity index (χ4v) is 5.82. The van der Waals surface area contributed by atoms with Crippen molar-refractivity contribution in [3.05, 3.63) is 82.3 Å². The zero-order chi connectivity index (χ0) is 24.5. The first-order chi connectivity index (χ1) is 16.1. The van der Waals surface area contributed by atoms with E-state index in [4.69, 9.17) is 23.2 Å². The highest BCUT2D eigenvalue weighted by molar-refractivity contribution is 7.92. The number of para-hydroxylation sites is 1. The maximum absolute atomic E-state index is 13.4. The van der Waals surface area contributed by atoms with Gasteiger partial charge in [-0.15, -0.1) is 0 Å². The van der Waals surface area contributed by atoms with Crippen molar-refractivity contribution in [3.63, 3.8) is 0 Å². The quantitative estimate of drug-likeness (QED) is 0.483. The summed E-state index contributed by atoms with van der Waals surface area (Å²) in [5.74, 6) is -1.35. The van der Waals surface area contributed by atoms with E-state index in [0.29, 0.717) is 24.3 Å². The third-order valence-corrected chi connectivity index (χ3v) is 7.41. The van der Waals surface area contributed by atoms with E-state index in [0.717, 1.165) is 9.87 Å². The zero-order valence-corrected chi connectivity index (χ0v) is 19.9. The van der Waals surface area contributed by atoms with Crippen LogP contribution in [-0.4, -0.2) is 38.6 Å². The van der Waals surface area contributed by atoms with Gasteiger partial charge < -0.3 is 10.4 Å². The Labute approximate surface area is 206 Å². The van der Waals surface area contributed by atoms with Crippen LogP contribution >= 0.6 is 23.2 Å². The van der Waals surface area contributed by atoms with Crippen molar-refractivity contribution >= 4 is 62.3 Å². The van der Waals surface area contributed by atoms with Gasteiger partial charge in [0.1, 0.15) is 6.54 Å². The van der Waals surface area contributed by atoms with Crippen molar-refractivity contribution in [2.24, 2.45) is 0 Å². The number of halogens is 2. The zero-order valence-electron chi connectivity index (χ0n) is 17.6. The number of aliphatic carboxylic acids is 1. The number of carbonyl (C=O) groups is 2. The van der Waals surface area contributed by atoms with Gasteiger partial charge >= 0.3 is 12.0 Å². The summed E-state index contributed by atoms with van der Waals surface area (Å²) in [6.07, 6.45) is 0.577. The highest BCUT2D eigenvalue weighted by Gasteiger charge is 2.31. The number of carboxylic acid groups (broad SMARTS) is 1. The van der Waals surface area contributed by atoms with Crippen molar-refractivity contribution in [1.29, 1.82) is 0 Å². The van der Waals surface area contributed by atoms with Gasteiger partial charge in [-0.05, 0) is 54.4 Å². The number of sulfonamides is 1. The van der Waals surface area contributed by atoms with Crippen molar-refractivity contribution < 1.29 is 23.1 Å². The predicted octanol–water partition coefficient (Wildman–Crippen LogP) is 4.87. The third kappa shape index (κ3) is 4.96. The SMILES string of the molecule is O=C(O)CN(c1ccc2c(c1)N(C(=O)Nc1ccccc1)CC2)S(=O)(=O)c1cc(Cl)cc(Cl)c1. The number of nitrogens with zero attached hydrogens (tertiary/aromatic N) is 2. The van der Waals surface area contributed by atoms with E-state index in [1.54, 1.807) is 30.3 Å². The number of benzene rings is 3. The molecular formula is C23H19Cl2N3O5S. The van der Waals surface area contributed by atoms with Gasteiger partial charge in [0.2, 0.25) is 0 Å². The molecule has 3 aromatic carbocycles. The molecule has 176 valence electrons. The molecule has 0 spiro atoms. The van der Waals surface area contributed by atoms with Crippen LogP contribution in [0.25, 0.3) is 0 Å². The Bertz CT molecular complexity index is 1350. The summed E-state index contributed by atoms with van der Waals surface area (Å²) in [6.45, 7) is -0.436. The van der Waals surface area contributed by atoms with E-state index in [2.05, 4.69) is 5.32 Å². The molecule has 0 atom stereocenters. The van der Waals surface area contributed by atoms with Gasteiger partial charge in [0.05, 0.1) is 16.3 Å². The molecule has 0 saturated carbocycles. The first-order valence-electron chi connectivity index (χ1n) is 10.1. The Morgan fingerprint density at radius 3 is 2.32 bits per heavy atom. The van der Waals surface area contributed by atoms with E-state index >= 15 is 0 Å². The molecule has 0 aliphatic carbocycles. The van der Waals surface area contributed by atoms with Gasteiger partial charge in [0.25, 0.3) is 10.0 Å². The second kappa shape index (κ2) is 9.54. The van der Waals surface area contributed by atoms with Crippen LogP contribution in [0.3, 0.4) is 0 Å². The van der Waals surface area contributed by atoms with Crippen molar-refractivity contribution in [3.8, 4) is 0 Å². The molecule has 2 N–H and O–H groups in total. The molecule has 0 unspecified atom stereocenters. The number of carbonyl (C=O) groups excluding carboxylic acids is 1. The number of amides is 2. The fraction of sp³-hybridized carbons (Fsp3) is 0.130. The molecule has 1 heterocycles. The number of hydrogen-bond donors (Lipinski definition) is 2. The molecule has 4 rings (SSSR count). The molecule has 3 aromatic rings. The van der Waals surface area contributed by atoms with E-state index in [-0.39, 0.29) is 26.7 Å². The second-order valence-electron chi connectivity index (χ2n) is 7.52. The van der Waals surface area contributed by atoms with Crippen molar-refractivity contribution in [2.45, 2.75) is 11.3 Å². The maximum atomic E-state index is 13.4. The van der Waals surface area contributed by atoms with Crippen LogP contribution in [0.1, 0.15) is 5.56 Å². The van der Waals surface area contributed by atoms with Crippen LogP contribution in [0.15, 0.2) is 71.6 Å². The first-order valence-corrected chi connectivity index (χ1v) is 12.3. The number of fused-ring (bicyclic) bond motifs is 1. The molecule has 0 saturated heterocycles. The van der Waals surface area contributed by atoms with Gasteiger partial charge in [-0.1, -0.05) is 47.5 Å². The first kappa shape index (κ1) is 23.9. The Balaban J connectivity index is 1.71. The number of carboxylic acids is 1. The smallest absolute Gasteiger partial charge is 0.326 e. The lowest BCUT2D eigenvalue weighted by Crippen LogP contribution is -2.36. The summed E-state index contributed by atoms with van der Waals surface area (Å²) in [6, 6.07) is 17.0. The van der Waals surface area contributed by atoms with Crippen LogP contribution in [0.2, 0.25) is 10.0 Å². The number of nitrogens with one attached hydrogen (secondary N) is 1. The van der Waals surface area contributed by atoms with Crippen LogP contribution in [0.5, 0.6) is 0 Å². The highest BCUT2D eigenvalue weighted by Crippen LogP contribution is 2.35. The second-order valence-corrected chi connectivity index (χ2v) is 10.3. The van der Waals surface area contributed by atoms with E-state index in [1.165, 1.54) is 35.2 Å². The van der Waals surface area contributed by atoms with Gasteiger partial charge in [-0.25, -0.2) is 13.2 Å². The summed E-state index contributed by atoms with van der Waals surface area (Å²) in [5.41, 5.74) is 2.05. The molecule has 34 heavy (non-hydrogen) atoms. The average molecular weight is 520 g/mol. The highest BCUT2D eigenvalue weighted by atomic mass is 35.5. The van der Waals surface area contributed by atoms with E-state index in [9.17, 15) is 23.1 Å². The molecule has 1 aliphatic heterocycles. The lowest BCUT2D eigenvalue weighted by Gasteiger charge is -2.25. The molecule has 8 nitrogen and oxygen atoms in total. The van der Waals surface area contributed by atoms with E-state index < -0.39 is 22.5 Å². The minimum absolute atomic E-state index is 0.0941. The van der Waals surface area contributed by atoms with Gasteiger partial charge in [-0.3, -0.25) is 14.0 Å². The number of anilines is 3. The maximum Gasteiger partial charge on any atom is 0.326 e. The van der Waals surface area contributed by atoms with Crippen LogP contribution < -0.4 is 14.5 Å². The lowest BCUT2D eigenvalue weighted by atomic mass is 10.1. The molecule has 0 radical (unpaired) electrons. The average Bonchev–Trinajstić information content (AvgIpc) is 3.20. The lowest BCUT2D eigenvalue weighted by molar-refractivity contribution is -0.135. The normalized spacial score (nSPS) is 12.8. The van der Waals surface area contributed by atoms with Gasteiger partial charge in [0.15, 0.2) is 0 Å². The minimum Gasteiger partial charge on any atom is -0.480 e. The number of hydrogen-bond acceptors (Lipinski definition) is 4. The molecule has 2 amide bonds. The molecular weight excluding hydrogens is 501 g/mol. The number of rotatable bonds is 6. The monoisotopic (exact) mass is 519 g/mol. The number of urea groups is 1. The Hall–Kier alpha value is -3.27. The minimum atomic E-state index is -4.33. The predicted molar refractivity (Wildman–Crippen MR) is 132 cm³/mol. The summed E-state index contributed by atoms with van der Waals surface area (Å²) in [4.78, 5) is 25.7. The fourth-order valence-electron chi connectivity index (χ4n) is 3.69. The van der Waals surface area contributed by atoms with Crippen molar-refractivity contribution in [2.75, 3.05) is 27.6 Å². The summed E-state index contributed by atoms with van der Waals surface area (Å²) < 4.78 is 27.5. The Morgan fingerprint density at radius 2 is 1.68 bits per heavy atom.